The largest absolute Gasteiger partial charge is 0.502 e. The van der Waals surface area contributed by atoms with Gasteiger partial charge in [0.1, 0.15) is 17.1 Å². The van der Waals surface area contributed by atoms with E-state index >= 15 is 0 Å². The zero-order valence-corrected chi connectivity index (χ0v) is 43.8. The van der Waals surface area contributed by atoms with Gasteiger partial charge in [0.05, 0.1) is 24.2 Å². The minimum Gasteiger partial charge on any atom is -0.502 e. The predicted octanol–water partition coefficient (Wildman–Crippen LogP) is 15.7. The summed E-state index contributed by atoms with van der Waals surface area (Å²) in [7, 11) is 0. The molecule has 8 nitrogen and oxygen atoms in total. The summed E-state index contributed by atoms with van der Waals surface area (Å²) in [5, 5.41) is 37.4. The third-order valence-corrected chi connectivity index (χ3v) is 12.6. The van der Waals surface area contributed by atoms with Crippen LogP contribution in [0.1, 0.15) is 233 Å². The molecule has 3 aromatic rings. The van der Waals surface area contributed by atoms with E-state index < -0.39 is 28.0 Å². The number of aliphatic imine (C=N–C) groups is 1. The molecule has 1 atom stereocenters. The van der Waals surface area contributed by atoms with Crippen LogP contribution in [-0.2, 0) is 27.3 Å². The van der Waals surface area contributed by atoms with Crippen molar-refractivity contribution in [1.82, 2.24) is 0 Å². The lowest BCUT2D eigenvalue weighted by atomic mass is 9.69. The van der Waals surface area contributed by atoms with Gasteiger partial charge in [0.25, 0.3) is 0 Å². The molecule has 1 unspecified atom stereocenters. The Morgan fingerprint density at radius 2 is 1.00 bits per heavy atom. The fraction of sp³-hybridized carbons (Fsp3) is 0.667. The molecule has 0 aliphatic rings. The van der Waals surface area contributed by atoms with Crippen LogP contribution in [-0.4, -0.2) is 40.6 Å². The first-order valence-electron chi connectivity index (χ1n) is 25.1. The van der Waals surface area contributed by atoms with Crippen molar-refractivity contribution >= 4 is 11.9 Å². The average molecular weight is 899 g/mol. The number of nitro groups is 1. The highest BCUT2D eigenvalue weighted by atomic mass is 16.6. The monoisotopic (exact) mass is 899 g/mol. The minimum atomic E-state index is -1.73. The molecule has 8 heteroatoms. The second-order valence-electron chi connectivity index (χ2n) is 23.2. The molecule has 2 N–H and O–H groups in total. The second kappa shape index (κ2) is 23.7. The number of nitrogens with zero attached hydrogens (tertiary/aromatic N) is 2. The summed E-state index contributed by atoms with van der Waals surface area (Å²) in [6.45, 7) is 36.4. The molecule has 0 fully saturated rings. The first kappa shape index (κ1) is 55.4. The van der Waals surface area contributed by atoms with E-state index in [2.05, 4.69) is 135 Å². The van der Waals surface area contributed by atoms with Crippen molar-refractivity contribution in [2.24, 2.45) is 10.9 Å². The molecule has 65 heavy (non-hydrogen) atoms. The van der Waals surface area contributed by atoms with Crippen LogP contribution in [0.5, 0.6) is 17.2 Å². The number of phenols is 1. The van der Waals surface area contributed by atoms with Crippen molar-refractivity contribution in [1.29, 1.82) is 0 Å². The second-order valence-corrected chi connectivity index (χ2v) is 23.2. The lowest BCUT2D eigenvalue weighted by Gasteiger charge is -2.41. The molecular weight excluding hydrogens is 809 g/mol. The third-order valence-electron chi connectivity index (χ3n) is 12.6. The Balaban J connectivity index is 2.53. The molecule has 3 rings (SSSR count). The lowest BCUT2D eigenvalue weighted by molar-refractivity contribution is -0.385. The summed E-state index contributed by atoms with van der Waals surface area (Å²) in [6, 6.07) is 12.3. The highest BCUT2D eigenvalue weighted by Crippen LogP contribution is 2.49. The number of aliphatic hydroxyl groups is 1. The van der Waals surface area contributed by atoms with Gasteiger partial charge in [-0.2, -0.15) is 0 Å². The molecular formula is C57H90N2O6. The number of rotatable bonds is 24. The SMILES string of the molecule is CCCCCCCCOc1c(C(C)(C)C)cc(C(O)(c2cc(C(C)(C)C)c(OCCCCCCCC)c(C(C)(C)C)c2)C(CC(C)C)N=Cc2cccc([N+](=O)[O-])c2O)cc1C(C)(C)C. The molecule has 0 radical (unpaired) electrons. The molecule has 0 heterocycles. The van der Waals surface area contributed by atoms with Crippen molar-refractivity contribution in [3.05, 3.63) is 91.5 Å². The van der Waals surface area contributed by atoms with Gasteiger partial charge in [-0.25, -0.2) is 0 Å². The number of para-hydroxylation sites is 1. The molecule has 3 aromatic carbocycles. The maximum atomic E-state index is 14.4. The van der Waals surface area contributed by atoms with Gasteiger partial charge in [-0.15, -0.1) is 0 Å². The lowest BCUT2D eigenvalue weighted by Crippen LogP contribution is -2.42. The van der Waals surface area contributed by atoms with Crippen LogP contribution < -0.4 is 9.47 Å². The molecule has 0 aromatic heterocycles. The van der Waals surface area contributed by atoms with E-state index in [-0.39, 0.29) is 33.1 Å². The number of ether oxygens (including phenoxy) is 2. The summed E-state index contributed by atoms with van der Waals surface area (Å²) >= 11 is 0. The van der Waals surface area contributed by atoms with E-state index in [9.17, 15) is 20.3 Å². The van der Waals surface area contributed by atoms with E-state index in [1.54, 1.807) is 12.1 Å². The van der Waals surface area contributed by atoms with Gasteiger partial charge in [0, 0.05) is 40.1 Å². The maximum absolute atomic E-state index is 14.4. The highest BCUT2D eigenvalue weighted by molar-refractivity contribution is 5.85. The molecule has 0 saturated carbocycles. The number of phenolic OH excluding ortho intramolecular Hbond substituents is 1. The Morgan fingerprint density at radius 3 is 1.34 bits per heavy atom. The normalized spacial score (nSPS) is 13.5. The van der Waals surface area contributed by atoms with E-state index in [0.29, 0.717) is 30.8 Å². The summed E-state index contributed by atoms with van der Waals surface area (Å²) in [4.78, 5) is 16.5. The maximum Gasteiger partial charge on any atom is 0.311 e. The van der Waals surface area contributed by atoms with Gasteiger partial charge in [-0.1, -0.05) is 181 Å². The molecule has 0 aliphatic heterocycles. The van der Waals surface area contributed by atoms with E-state index in [1.807, 2.05) is 0 Å². The number of hydrogen-bond donors (Lipinski definition) is 2. The van der Waals surface area contributed by atoms with Crippen LogP contribution in [0.15, 0.2) is 47.5 Å². The van der Waals surface area contributed by atoms with Crippen LogP contribution in [0.3, 0.4) is 0 Å². The van der Waals surface area contributed by atoms with Crippen molar-refractivity contribution < 1.29 is 24.6 Å². The Morgan fingerprint density at radius 1 is 0.631 bits per heavy atom. The Hall–Kier alpha value is -3.91. The smallest absolute Gasteiger partial charge is 0.311 e. The average Bonchev–Trinajstić information content (AvgIpc) is 3.19. The topological polar surface area (TPSA) is 114 Å². The molecule has 0 spiro atoms. The van der Waals surface area contributed by atoms with Gasteiger partial charge < -0.3 is 19.7 Å². The number of unbranched alkanes of at least 4 members (excludes halogenated alkanes) is 10. The number of nitro benzene ring substituents is 1. The van der Waals surface area contributed by atoms with Crippen molar-refractivity contribution in [3.63, 3.8) is 0 Å². The number of benzene rings is 3. The third kappa shape index (κ3) is 15.3. The first-order chi connectivity index (χ1) is 30.2. The van der Waals surface area contributed by atoms with Crippen molar-refractivity contribution in [2.75, 3.05) is 13.2 Å². The number of hydrogen-bond acceptors (Lipinski definition) is 7. The van der Waals surface area contributed by atoms with E-state index in [4.69, 9.17) is 14.5 Å². The van der Waals surface area contributed by atoms with Crippen molar-refractivity contribution in [2.45, 2.75) is 228 Å². The van der Waals surface area contributed by atoms with E-state index in [1.165, 1.54) is 63.6 Å². The van der Waals surface area contributed by atoms with E-state index in [0.717, 1.165) is 59.4 Å². The summed E-state index contributed by atoms with van der Waals surface area (Å²) < 4.78 is 13.8. The fourth-order valence-electron chi connectivity index (χ4n) is 8.66. The molecule has 364 valence electrons. The van der Waals surface area contributed by atoms with Crippen molar-refractivity contribution in [3.8, 4) is 17.2 Å². The zero-order valence-electron chi connectivity index (χ0n) is 43.8. The molecule has 0 saturated heterocycles. The first-order valence-corrected chi connectivity index (χ1v) is 25.1. The molecule has 0 aliphatic carbocycles. The van der Waals surface area contributed by atoms with Gasteiger partial charge >= 0.3 is 5.69 Å². The Bertz CT molecular complexity index is 1840. The van der Waals surface area contributed by atoms with Gasteiger partial charge in [0.15, 0.2) is 0 Å². The van der Waals surface area contributed by atoms with Crippen LogP contribution >= 0.6 is 0 Å². The van der Waals surface area contributed by atoms with Gasteiger partial charge in [0.2, 0.25) is 5.75 Å². The fourth-order valence-corrected chi connectivity index (χ4v) is 8.66. The number of aromatic hydroxyl groups is 1. The zero-order chi connectivity index (χ0) is 49.0. The van der Waals surface area contributed by atoms with Gasteiger partial charge in [-0.05, 0) is 88.3 Å². The summed E-state index contributed by atoms with van der Waals surface area (Å²) in [6.07, 6.45) is 16.0. The Labute approximate surface area is 395 Å². The van der Waals surface area contributed by atoms with Gasteiger partial charge in [-0.3, -0.25) is 15.1 Å². The summed E-state index contributed by atoms with van der Waals surface area (Å²) in [5.41, 5.74) is 2.09. The van der Waals surface area contributed by atoms with Crippen LogP contribution in [0.2, 0.25) is 0 Å². The molecule has 0 bridgehead atoms. The minimum absolute atomic E-state index is 0.0931. The highest BCUT2D eigenvalue weighted by Gasteiger charge is 2.45. The quantitative estimate of drug-likeness (QED) is 0.0401. The van der Waals surface area contributed by atoms with Crippen LogP contribution in [0, 0.1) is 16.0 Å². The molecule has 0 amide bonds. The summed E-state index contributed by atoms with van der Waals surface area (Å²) in [5.74, 6) is 1.39. The predicted molar refractivity (Wildman–Crippen MR) is 274 cm³/mol. The van der Waals surface area contributed by atoms with Crippen LogP contribution in [0.4, 0.5) is 5.69 Å². The Kier molecular flexibility index (Phi) is 20.2. The van der Waals surface area contributed by atoms with Crippen LogP contribution in [0.25, 0.3) is 0 Å². The standard InChI is InChI=1S/C57H90N2O6/c1-17-19-21-23-25-27-32-64-51-44(53(5,6)7)35-42(36-45(51)54(8,9)10)57(61,49(34-40(3)4)58-39-41-30-29-31-48(50(41)60)59(62)63)43-37-46(55(11,12)13)52(47(38-43)56(14,15)16)65-33-28-26-24-22-20-18-2/h29-31,35-40,49,60-61H,17-28,32-34H2,1-16H3.